The summed E-state index contributed by atoms with van der Waals surface area (Å²) in [4.78, 5) is 88.5. The van der Waals surface area contributed by atoms with Gasteiger partial charge in [0.25, 0.3) is 11.6 Å². The second kappa shape index (κ2) is 14.1. The van der Waals surface area contributed by atoms with Crippen molar-refractivity contribution in [2.75, 3.05) is 72.0 Å². The maximum absolute atomic E-state index is 13.3. The minimum Gasteiger partial charge on any atom is -0.369 e. The molecule has 0 aromatic heterocycles. The lowest BCUT2D eigenvalue weighted by Gasteiger charge is -2.36. The summed E-state index contributed by atoms with van der Waals surface area (Å²) in [7, 11) is 0. The van der Waals surface area contributed by atoms with Crippen molar-refractivity contribution >= 4 is 58.3 Å². The van der Waals surface area contributed by atoms with Gasteiger partial charge >= 0.3 is 24.0 Å². The average molecular weight is 713 g/mol. The number of imide groups is 2. The molecule has 0 saturated carbocycles. The summed E-state index contributed by atoms with van der Waals surface area (Å²) in [6.07, 6.45) is -2.90. The molecule has 53 heavy (non-hydrogen) atoms. The largest absolute Gasteiger partial charge is 0.430 e. The molecule has 4 aliphatic heterocycles. The molecule has 4 heterocycles. The van der Waals surface area contributed by atoms with Crippen molar-refractivity contribution < 1.29 is 33.5 Å². The number of ether oxygens (including phenoxy) is 1. The lowest BCUT2D eigenvalue weighted by atomic mass is 10.1. The van der Waals surface area contributed by atoms with E-state index in [9.17, 15) is 28.8 Å². The highest BCUT2D eigenvalue weighted by molar-refractivity contribution is 6.57. The molecule has 0 spiro atoms. The first-order chi connectivity index (χ1) is 25.7. The molecule has 268 valence electrons. The second-order valence-corrected chi connectivity index (χ2v) is 13.5. The summed E-state index contributed by atoms with van der Waals surface area (Å²) in [5, 5.41) is 0. The molecule has 2 fully saturated rings. The summed E-state index contributed by atoms with van der Waals surface area (Å²) < 4.78 is 4.98. The van der Waals surface area contributed by atoms with E-state index in [0.29, 0.717) is 36.0 Å². The van der Waals surface area contributed by atoms with E-state index in [4.69, 9.17) is 4.74 Å². The van der Waals surface area contributed by atoms with Gasteiger partial charge < -0.3 is 14.5 Å². The van der Waals surface area contributed by atoms with Crippen molar-refractivity contribution in [1.82, 2.24) is 9.80 Å². The number of hydrogen-bond donors (Lipinski definition) is 0. The first-order valence-electron chi connectivity index (χ1n) is 17.6. The van der Waals surface area contributed by atoms with Crippen LogP contribution in [-0.2, 0) is 27.4 Å². The van der Waals surface area contributed by atoms with Gasteiger partial charge in [0.1, 0.15) is 0 Å². The molecule has 4 amide bonds. The van der Waals surface area contributed by atoms with Gasteiger partial charge in [-0.3, -0.25) is 29.0 Å². The minimum atomic E-state index is -1.45. The van der Waals surface area contributed by atoms with Crippen LogP contribution >= 0.6 is 0 Å². The van der Waals surface area contributed by atoms with E-state index in [1.165, 1.54) is 23.3 Å². The van der Waals surface area contributed by atoms with E-state index in [2.05, 4.69) is 43.9 Å². The van der Waals surface area contributed by atoms with Gasteiger partial charge in [0.2, 0.25) is 0 Å². The number of ketones is 2. The van der Waals surface area contributed by atoms with E-state index in [0.717, 1.165) is 50.6 Å². The van der Waals surface area contributed by atoms with Crippen molar-refractivity contribution in [3.63, 3.8) is 0 Å². The Hall–Kier alpha value is -6.18. The van der Waals surface area contributed by atoms with Crippen molar-refractivity contribution in [2.45, 2.75) is 13.1 Å². The number of amides is 4. The number of nitrogens with zero attached hydrogens (tertiary/aromatic N) is 6. The Morgan fingerprint density at radius 2 is 0.868 bits per heavy atom. The third kappa shape index (κ3) is 6.56. The maximum Gasteiger partial charge on any atom is 0.430 e. The first-order valence-corrected chi connectivity index (χ1v) is 17.6. The Morgan fingerprint density at radius 3 is 1.25 bits per heavy atom. The Bertz CT molecular complexity index is 1970. The lowest BCUT2D eigenvalue weighted by Crippen LogP contribution is -2.46. The normalized spacial score (nSPS) is 17.7. The van der Waals surface area contributed by atoms with Gasteiger partial charge in [0, 0.05) is 76.8 Å². The standard InChI is InChI=1S/C40H36N6O7/c47-35-31-23-29(43-19-15-41(16-20-43)25-27-7-3-1-4-8-27)11-13-33(31)45(37(35)49)39(51)53-40(52)46-34-14-12-30(24-32(34)36(48)38(46)50)44-21-17-42(18-22-44)26-28-9-5-2-6-10-28/h1-14,23-24H,15-22,25-26H2. The monoisotopic (exact) mass is 712 g/mol. The summed E-state index contributed by atoms with van der Waals surface area (Å²) in [6.45, 7) is 7.66. The predicted octanol–water partition coefficient (Wildman–Crippen LogP) is 4.35. The summed E-state index contributed by atoms with van der Waals surface area (Å²) >= 11 is 0. The number of rotatable bonds is 6. The summed E-state index contributed by atoms with van der Waals surface area (Å²) in [6, 6.07) is 29.9. The smallest absolute Gasteiger partial charge is 0.369 e. The molecule has 2 saturated heterocycles. The molecular weight excluding hydrogens is 676 g/mol. The lowest BCUT2D eigenvalue weighted by molar-refractivity contribution is -0.114. The Labute approximate surface area is 305 Å². The number of benzene rings is 4. The number of fused-ring (bicyclic) bond motifs is 2. The topological polar surface area (TPSA) is 131 Å². The zero-order valence-corrected chi connectivity index (χ0v) is 28.8. The van der Waals surface area contributed by atoms with Crippen LogP contribution in [0.2, 0.25) is 0 Å². The van der Waals surface area contributed by atoms with E-state index < -0.39 is 35.6 Å². The quantitative estimate of drug-likeness (QED) is 0.209. The highest BCUT2D eigenvalue weighted by Crippen LogP contribution is 2.36. The van der Waals surface area contributed by atoms with Gasteiger partial charge in [-0.25, -0.2) is 19.4 Å². The second-order valence-electron chi connectivity index (χ2n) is 13.5. The minimum absolute atomic E-state index is 0.00909. The van der Waals surface area contributed by atoms with Gasteiger partial charge in [-0.15, -0.1) is 0 Å². The van der Waals surface area contributed by atoms with E-state index >= 15 is 0 Å². The van der Waals surface area contributed by atoms with Gasteiger partial charge in [-0.1, -0.05) is 60.7 Å². The maximum atomic E-state index is 13.3. The summed E-state index contributed by atoms with van der Waals surface area (Å²) in [5.74, 6) is -4.19. The van der Waals surface area contributed by atoms with E-state index in [-0.39, 0.29) is 22.5 Å². The molecule has 0 N–H and O–H groups in total. The van der Waals surface area contributed by atoms with Gasteiger partial charge in [0.15, 0.2) is 0 Å². The molecular formula is C40H36N6O7. The van der Waals surface area contributed by atoms with Crippen molar-refractivity contribution in [3.8, 4) is 0 Å². The fraction of sp³-hybridized carbons (Fsp3) is 0.250. The number of carbonyl (C=O) groups excluding carboxylic acids is 6. The Balaban J connectivity index is 0.910. The van der Waals surface area contributed by atoms with Crippen LogP contribution in [-0.4, -0.2) is 97.7 Å². The van der Waals surface area contributed by atoms with Crippen LogP contribution in [0, 0.1) is 0 Å². The zero-order chi connectivity index (χ0) is 36.6. The molecule has 0 bridgehead atoms. The van der Waals surface area contributed by atoms with E-state index in [1.807, 2.05) is 36.4 Å². The van der Waals surface area contributed by atoms with Gasteiger partial charge in [-0.05, 0) is 47.5 Å². The molecule has 0 atom stereocenters. The van der Waals surface area contributed by atoms with Crippen LogP contribution in [0.25, 0.3) is 0 Å². The van der Waals surface area contributed by atoms with E-state index in [1.54, 1.807) is 24.3 Å². The summed E-state index contributed by atoms with van der Waals surface area (Å²) in [5.41, 5.74) is 3.87. The Morgan fingerprint density at radius 1 is 0.491 bits per heavy atom. The van der Waals surface area contributed by atoms with Crippen molar-refractivity contribution in [3.05, 3.63) is 119 Å². The van der Waals surface area contributed by atoms with Crippen LogP contribution in [0.3, 0.4) is 0 Å². The first kappa shape index (κ1) is 33.9. The number of anilines is 4. The molecule has 0 aliphatic carbocycles. The van der Waals surface area contributed by atoms with Crippen molar-refractivity contribution in [2.24, 2.45) is 0 Å². The van der Waals surface area contributed by atoms with Crippen molar-refractivity contribution in [1.29, 1.82) is 0 Å². The Kier molecular flexibility index (Phi) is 9.02. The zero-order valence-electron chi connectivity index (χ0n) is 28.8. The molecule has 13 heteroatoms. The molecule has 13 nitrogen and oxygen atoms in total. The van der Waals surface area contributed by atoms with Gasteiger partial charge in [0.05, 0.1) is 22.5 Å². The molecule has 0 radical (unpaired) electrons. The molecule has 0 unspecified atom stereocenters. The average Bonchev–Trinajstić information content (AvgIpc) is 3.59. The molecule has 8 rings (SSSR count). The van der Waals surface area contributed by atoms with Gasteiger partial charge in [-0.2, -0.15) is 0 Å². The number of piperazine rings is 2. The number of Topliss-reactive ketones (excluding diaryl/α,β-unsaturated/α-hetero) is 2. The fourth-order valence-corrected chi connectivity index (χ4v) is 7.39. The SMILES string of the molecule is O=C1C(=O)N(C(=O)OC(=O)N2C(=O)C(=O)c3cc(N4CCN(Cc5ccccc5)CC4)ccc32)c2ccc(N3CCN(Cc4ccccc4)CC3)cc21. The molecule has 4 aromatic rings. The number of hydrogen-bond acceptors (Lipinski definition) is 11. The third-order valence-electron chi connectivity index (χ3n) is 10.2. The van der Waals surface area contributed by atoms with Crippen LogP contribution in [0.1, 0.15) is 31.8 Å². The third-order valence-corrected chi connectivity index (χ3v) is 10.2. The highest BCUT2D eigenvalue weighted by atomic mass is 16.6. The van der Waals surface area contributed by atoms with Crippen LogP contribution in [0.15, 0.2) is 97.1 Å². The van der Waals surface area contributed by atoms with Crippen LogP contribution in [0.5, 0.6) is 0 Å². The molecule has 4 aliphatic rings. The fourth-order valence-electron chi connectivity index (χ4n) is 7.39. The van der Waals surface area contributed by atoms with Crippen LogP contribution < -0.4 is 19.6 Å². The predicted molar refractivity (Wildman–Crippen MR) is 196 cm³/mol. The highest BCUT2D eigenvalue weighted by Gasteiger charge is 2.46. The van der Waals surface area contributed by atoms with Crippen LogP contribution in [0.4, 0.5) is 32.3 Å². The number of carbonyl (C=O) groups is 6. The molecule has 4 aromatic carbocycles.